The average molecular weight is 210 g/mol. The molecule has 1 rings (SSSR count). The molecule has 0 aromatic heterocycles. The zero-order chi connectivity index (χ0) is 11.4. The maximum absolute atomic E-state index is 10.8. The van der Waals surface area contributed by atoms with Gasteiger partial charge in [-0.2, -0.15) is 0 Å². The van der Waals surface area contributed by atoms with Crippen LogP contribution in [0.25, 0.3) is 0 Å². The summed E-state index contributed by atoms with van der Waals surface area (Å²) in [5, 5.41) is 19.5. The van der Waals surface area contributed by atoms with E-state index >= 15 is 0 Å². The number of nitro benzene ring substituents is 1. The Balaban J connectivity index is 3.18. The van der Waals surface area contributed by atoms with Crippen molar-refractivity contribution in [2.45, 2.75) is 19.4 Å². The summed E-state index contributed by atoms with van der Waals surface area (Å²) < 4.78 is 0. The lowest BCUT2D eigenvalue weighted by Crippen LogP contribution is -2.15. The summed E-state index contributed by atoms with van der Waals surface area (Å²) in [6.07, 6.45) is 0.325. The Morgan fingerprint density at radius 3 is 2.80 bits per heavy atom. The van der Waals surface area contributed by atoms with Gasteiger partial charge in [0.1, 0.15) is 0 Å². The highest BCUT2D eigenvalue weighted by Crippen LogP contribution is 2.28. The molecule has 5 heteroatoms. The second-order valence-electron chi connectivity index (χ2n) is 3.38. The molecule has 0 saturated carbocycles. The van der Waals surface area contributed by atoms with Crippen molar-refractivity contribution >= 4 is 5.69 Å². The molecule has 0 radical (unpaired) electrons. The Morgan fingerprint density at radius 1 is 1.60 bits per heavy atom. The van der Waals surface area contributed by atoms with Crippen molar-refractivity contribution in [3.05, 3.63) is 39.4 Å². The SMILES string of the molecule is Cc1cccc([N+](=O)[O-])c1C(N)CCO. The van der Waals surface area contributed by atoms with Crippen LogP contribution in [0.1, 0.15) is 23.6 Å². The second kappa shape index (κ2) is 4.86. The fourth-order valence-corrected chi connectivity index (χ4v) is 1.59. The van der Waals surface area contributed by atoms with Gasteiger partial charge >= 0.3 is 0 Å². The molecular weight excluding hydrogens is 196 g/mol. The van der Waals surface area contributed by atoms with E-state index in [0.29, 0.717) is 12.0 Å². The lowest BCUT2D eigenvalue weighted by Gasteiger charge is -2.13. The first-order chi connectivity index (χ1) is 7.07. The number of hydrogen-bond acceptors (Lipinski definition) is 4. The van der Waals surface area contributed by atoms with E-state index in [0.717, 1.165) is 5.56 Å². The Labute approximate surface area is 87.7 Å². The Morgan fingerprint density at radius 2 is 2.27 bits per heavy atom. The number of rotatable bonds is 4. The normalized spacial score (nSPS) is 12.5. The van der Waals surface area contributed by atoms with E-state index in [-0.39, 0.29) is 12.3 Å². The minimum absolute atomic E-state index is 0.0240. The number of nitrogens with zero attached hydrogens (tertiary/aromatic N) is 1. The standard InChI is InChI=1S/C10H14N2O3/c1-7-3-2-4-9(12(14)15)10(7)8(11)5-6-13/h2-4,8,13H,5-6,11H2,1H3. The highest BCUT2D eigenvalue weighted by molar-refractivity contribution is 5.46. The van der Waals surface area contributed by atoms with Gasteiger partial charge in [-0.3, -0.25) is 10.1 Å². The molecule has 0 amide bonds. The number of benzene rings is 1. The summed E-state index contributed by atoms with van der Waals surface area (Å²) in [7, 11) is 0. The molecule has 1 unspecified atom stereocenters. The van der Waals surface area contributed by atoms with Crippen LogP contribution in [0.4, 0.5) is 5.69 Å². The molecule has 15 heavy (non-hydrogen) atoms. The summed E-state index contributed by atoms with van der Waals surface area (Å²) in [6, 6.07) is 4.35. The number of aryl methyl sites for hydroxylation is 1. The van der Waals surface area contributed by atoms with E-state index < -0.39 is 11.0 Å². The molecule has 0 spiro atoms. The van der Waals surface area contributed by atoms with Crippen molar-refractivity contribution in [2.24, 2.45) is 5.73 Å². The second-order valence-corrected chi connectivity index (χ2v) is 3.38. The Bertz CT molecular complexity index is 366. The molecule has 0 aliphatic carbocycles. The van der Waals surface area contributed by atoms with Gasteiger partial charge in [-0.05, 0) is 18.9 Å². The summed E-state index contributed by atoms with van der Waals surface area (Å²) in [6.45, 7) is 1.70. The van der Waals surface area contributed by atoms with Crippen molar-refractivity contribution in [3.63, 3.8) is 0 Å². The molecular formula is C10H14N2O3. The number of nitrogens with two attached hydrogens (primary N) is 1. The maximum Gasteiger partial charge on any atom is 0.274 e. The lowest BCUT2D eigenvalue weighted by atomic mass is 9.98. The van der Waals surface area contributed by atoms with E-state index in [1.54, 1.807) is 19.1 Å². The molecule has 0 aliphatic rings. The largest absolute Gasteiger partial charge is 0.396 e. The first kappa shape index (κ1) is 11.6. The molecule has 1 aromatic carbocycles. The predicted octanol–water partition coefficient (Wildman–Crippen LogP) is 1.29. The Hall–Kier alpha value is -1.46. The van der Waals surface area contributed by atoms with Crippen molar-refractivity contribution < 1.29 is 10.0 Å². The number of hydrogen-bond donors (Lipinski definition) is 2. The lowest BCUT2D eigenvalue weighted by molar-refractivity contribution is -0.385. The fourth-order valence-electron chi connectivity index (χ4n) is 1.59. The van der Waals surface area contributed by atoms with Gasteiger partial charge in [0.25, 0.3) is 5.69 Å². The maximum atomic E-state index is 10.8. The molecule has 0 heterocycles. The third-order valence-corrected chi connectivity index (χ3v) is 2.31. The number of nitro groups is 1. The van der Waals surface area contributed by atoms with Gasteiger partial charge < -0.3 is 10.8 Å². The van der Waals surface area contributed by atoms with Crippen LogP contribution < -0.4 is 5.73 Å². The molecule has 0 fully saturated rings. The third kappa shape index (κ3) is 2.51. The van der Waals surface area contributed by atoms with Gasteiger partial charge in [-0.1, -0.05) is 12.1 Å². The number of aliphatic hydroxyl groups is 1. The van der Waals surface area contributed by atoms with E-state index in [1.807, 2.05) is 0 Å². The van der Waals surface area contributed by atoms with Crippen LogP contribution in [0, 0.1) is 17.0 Å². The van der Waals surface area contributed by atoms with Gasteiger partial charge in [0.15, 0.2) is 0 Å². The minimum atomic E-state index is -0.489. The smallest absolute Gasteiger partial charge is 0.274 e. The van der Waals surface area contributed by atoms with E-state index in [9.17, 15) is 10.1 Å². The van der Waals surface area contributed by atoms with E-state index in [1.165, 1.54) is 6.07 Å². The molecule has 82 valence electrons. The molecule has 0 bridgehead atoms. The highest BCUT2D eigenvalue weighted by atomic mass is 16.6. The van der Waals surface area contributed by atoms with Gasteiger partial charge in [0, 0.05) is 24.3 Å². The summed E-state index contributed by atoms with van der Waals surface area (Å²) in [5.41, 5.74) is 7.10. The fraction of sp³-hybridized carbons (Fsp3) is 0.400. The zero-order valence-corrected chi connectivity index (χ0v) is 8.51. The molecule has 5 nitrogen and oxygen atoms in total. The zero-order valence-electron chi connectivity index (χ0n) is 8.51. The summed E-state index contributed by atoms with van der Waals surface area (Å²) in [5.74, 6) is 0. The van der Waals surface area contributed by atoms with Crippen LogP contribution in [0.2, 0.25) is 0 Å². The topological polar surface area (TPSA) is 89.4 Å². The van der Waals surface area contributed by atoms with Gasteiger partial charge in [-0.15, -0.1) is 0 Å². The van der Waals surface area contributed by atoms with Gasteiger partial charge in [-0.25, -0.2) is 0 Å². The average Bonchev–Trinajstić information content (AvgIpc) is 2.17. The monoisotopic (exact) mass is 210 g/mol. The first-order valence-corrected chi connectivity index (χ1v) is 4.68. The molecule has 3 N–H and O–H groups in total. The number of aliphatic hydroxyl groups excluding tert-OH is 1. The molecule has 1 aromatic rings. The van der Waals surface area contributed by atoms with Crippen LogP contribution in [-0.2, 0) is 0 Å². The first-order valence-electron chi connectivity index (χ1n) is 4.68. The quantitative estimate of drug-likeness (QED) is 0.578. The highest BCUT2D eigenvalue weighted by Gasteiger charge is 2.20. The minimum Gasteiger partial charge on any atom is -0.396 e. The van der Waals surface area contributed by atoms with Crippen molar-refractivity contribution in [1.29, 1.82) is 0 Å². The van der Waals surface area contributed by atoms with E-state index in [2.05, 4.69) is 0 Å². The van der Waals surface area contributed by atoms with Crippen molar-refractivity contribution in [2.75, 3.05) is 6.61 Å². The third-order valence-electron chi connectivity index (χ3n) is 2.31. The molecule has 0 saturated heterocycles. The summed E-state index contributed by atoms with van der Waals surface area (Å²) in [4.78, 5) is 10.3. The van der Waals surface area contributed by atoms with Crippen molar-refractivity contribution in [1.82, 2.24) is 0 Å². The van der Waals surface area contributed by atoms with Crippen LogP contribution in [0.5, 0.6) is 0 Å². The molecule has 0 aliphatic heterocycles. The van der Waals surface area contributed by atoms with Gasteiger partial charge in [0.05, 0.1) is 4.92 Å². The van der Waals surface area contributed by atoms with Crippen LogP contribution >= 0.6 is 0 Å². The van der Waals surface area contributed by atoms with Crippen molar-refractivity contribution in [3.8, 4) is 0 Å². The predicted molar refractivity (Wildman–Crippen MR) is 56.5 cm³/mol. The summed E-state index contributed by atoms with van der Waals surface area (Å²) >= 11 is 0. The molecule has 1 atom stereocenters. The van der Waals surface area contributed by atoms with Crippen LogP contribution in [0.15, 0.2) is 18.2 Å². The van der Waals surface area contributed by atoms with Gasteiger partial charge in [0.2, 0.25) is 0 Å². The van der Waals surface area contributed by atoms with E-state index in [4.69, 9.17) is 10.8 Å². The Kier molecular flexibility index (Phi) is 3.76. The van der Waals surface area contributed by atoms with Crippen LogP contribution in [0.3, 0.4) is 0 Å². The van der Waals surface area contributed by atoms with Crippen LogP contribution in [-0.4, -0.2) is 16.6 Å².